The molecule has 1 atom stereocenters. The highest BCUT2D eigenvalue weighted by Gasteiger charge is 2.07. The first-order valence-electron chi connectivity index (χ1n) is 3.83. The van der Waals surface area contributed by atoms with Crippen molar-refractivity contribution in [1.29, 1.82) is 0 Å². The summed E-state index contributed by atoms with van der Waals surface area (Å²) in [7, 11) is -1.49. The van der Waals surface area contributed by atoms with Gasteiger partial charge in [0.05, 0.1) is 5.75 Å². The first kappa shape index (κ1) is 12.8. The van der Waals surface area contributed by atoms with E-state index in [0.717, 1.165) is 0 Å². The quantitative estimate of drug-likeness (QED) is 0.501. The molecule has 0 aromatic rings. The minimum atomic E-state index is -1.49. The summed E-state index contributed by atoms with van der Waals surface area (Å²) in [4.78, 5) is 20.9. The summed E-state index contributed by atoms with van der Waals surface area (Å²) in [6, 6.07) is 0. The molecule has 0 rings (SSSR count). The average Bonchev–Trinajstić information content (AvgIpc) is 2.02. The predicted molar refractivity (Wildman–Crippen MR) is 51.3 cm³/mol. The molecule has 5 nitrogen and oxygen atoms in total. The number of carboxylic acids is 1. The average molecular weight is 220 g/mol. The topological polar surface area (TPSA) is 80.7 Å². The van der Waals surface area contributed by atoms with E-state index in [2.05, 4.69) is 11.3 Å². The third-order valence-corrected chi connectivity index (χ3v) is 2.37. The van der Waals surface area contributed by atoms with Gasteiger partial charge in [-0.05, 0) is 6.92 Å². The van der Waals surface area contributed by atoms with Crippen LogP contribution < -0.4 is 0 Å². The summed E-state index contributed by atoms with van der Waals surface area (Å²) < 4.78 is 15.6. The van der Waals surface area contributed by atoms with Gasteiger partial charge in [0.25, 0.3) is 0 Å². The highest BCUT2D eigenvalue weighted by atomic mass is 32.2. The second-order valence-corrected chi connectivity index (χ2v) is 4.17. The number of carbonyl (C=O) groups excluding carboxylic acids is 1. The van der Waals surface area contributed by atoms with Crippen LogP contribution in [0.15, 0.2) is 12.2 Å². The molecule has 0 heterocycles. The number of rotatable bonds is 6. The molecule has 0 spiro atoms. The summed E-state index contributed by atoms with van der Waals surface area (Å²) in [6.45, 7) is 4.80. The molecule has 0 bridgehead atoms. The fourth-order valence-corrected chi connectivity index (χ4v) is 1.25. The van der Waals surface area contributed by atoms with Gasteiger partial charge in [-0.15, -0.1) is 0 Å². The van der Waals surface area contributed by atoms with Gasteiger partial charge < -0.3 is 9.84 Å². The molecule has 0 amide bonds. The van der Waals surface area contributed by atoms with Crippen LogP contribution in [0.2, 0.25) is 0 Å². The monoisotopic (exact) mass is 220 g/mol. The first-order chi connectivity index (χ1) is 6.43. The van der Waals surface area contributed by atoms with Gasteiger partial charge in [0.15, 0.2) is 0 Å². The van der Waals surface area contributed by atoms with Crippen molar-refractivity contribution in [3.8, 4) is 0 Å². The van der Waals surface area contributed by atoms with Crippen LogP contribution in [0.1, 0.15) is 6.92 Å². The molecule has 14 heavy (non-hydrogen) atoms. The fourth-order valence-electron chi connectivity index (χ4n) is 0.560. The number of ether oxygens (including phenoxy) is 1. The maximum atomic E-state index is 10.9. The molecule has 0 saturated heterocycles. The zero-order chi connectivity index (χ0) is 11.1. The van der Waals surface area contributed by atoms with Crippen molar-refractivity contribution in [1.82, 2.24) is 0 Å². The molecule has 80 valence electrons. The Morgan fingerprint density at radius 2 is 2.07 bits per heavy atom. The van der Waals surface area contributed by atoms with Crippen molar-refractivity contribution in [3.63, 3.8) is 0 Å². The van der Waals surface area contributed by atoms with E-state index in [1.54, 1.807) is 0 Å². The minimum Gasteiger partial charge on any atom is -0.481 e. The third kappa shape index (κ3) is 6.36. The van der Waals surface area contributed by atoms with Crippen LogP contribution in [0.5, 0.6) is 0 Å². The van der Waals surface area contributed by atoms with Gasteiger partial charge in [0.2, 0.25) is 0 Å². The number of hydrogen-bond donors (Lipinski definition) is 1. The van der Waals surface area contributed by atoms with E-state index in [0.29, 0.717) is 0 Å². The molecule has 0 aromatic carbocycles. The Hall–Kier alpha value is -1.17. The Kier molecular flexibility index (Phi) is 5.78. The lowest BCUT2D eigenvalue weighted by Crippen LogP contribution is -2.17. The molecule has 0 radical (unpaired) electrons. The molecule has 6 heteroatoms. The summed E-state index contributed by atoms with van der Waals surface area (Å²) in [5.74, 6) is -2.08. The number of hydrogen-bond acceptors (Lipinski definition) is 4. The summed E-state index contributed by atoms with van der Waals surface area (Å²) in [5, 5.41) is 8.27. The lowest BCUT2D eigenvalue weighted by Gasteiger charge is -2.02. The summed E-state index contributed by atoms with van der Waals surface area (Å²) in [5.41, 5.74) is 0.258. The van der Waals surface area contributed by atoms with E-state index in [9.17, 15) is 13.8 Å². The molecule has 0 aromatic heterocycles. The number of carboxylic acid groups (broad SMARTS) is 1. The van der Waals surface area contributed by atoms with Crippen LogP contribution >= 0.6 is 0 Å². The molecule has 0 unspecified atom stereocenters. The van der Waals surface area contributed by atoms with Crippen molar-refractivity contribution in [2.45, 2.75) is 6.92 Å². The van der Waals surface area contributed by atoms with Crippen molar-refractivity contribution in [3.05, 3.63) is 12.2 Å². The van der Waals surface area contributed by atoms with Crippen LogP contribution in [0.25, 0.3) is 0 Å². The summed E-state index contributed by atoms with van der Waals surface area (Å²) in [6.07, 6.45) is 0. The van der Waals surface area contributed by atoms with E-state index >= 15 is 0 Å². The Bertz CT molecular complexity index is 271. The van der Waals surface area contributed by atoms with Gasteiger partial charge in [0.1, 0.15) is 12.4 Å². The predicted octanol–water partition coefficient (Wildman–Crippen LogP) is -0.0610. The minimum absolute atomic E-state index is 0.0331. The Morgan fingerprint density at radius 1 is 1.50 bits per heavy atom. The maximum absolute atomic E-state index is 10.9. The van der Waals surface area contributed by atoms with Crippen molar-refractivity contribution in [2.24, 2.45) is 0 Å². The Balaban J connectivity index is 3.64. The molecule has 0 fully saturated rings. The third-order valence-electron chi connectivity index (χ3n) is 1.18. The molecular weight excluding hydrogens is 208 g/mol. The van der Waals surface area contributed by atoms with Crippen molar-refractivity contribution < 1.29 is 23.6 Å². The van der Waals surface area contributed by atoms with Crippen LogP contribution in [0.3, 0.4) is 0 Å². The van der Waals surface area contributed by atoms with Gasteiger partial charge >= 0.3 is 11.9 Å². The van der Waals surface area contributed by atoms with Gasteiger partial charge in [0, 0.05) is 16.4 Å². The molecule has 0 aliphatic rings. The first-order valence-corrected chi connectivity index (χ1v) is 5.31. The van der Waals surface area contributed by atoms with Gasteiger partial charge in [-0.1, -0.05) is 6.58 Å². The van der Waals surface area contributed by atoms with Gasteiger partial charge in [-0.25, -0.2) is 4.79 Å². The lowest BCUT2D eigenvalue weighted by atomic mass is 10.4. The molecule has 1 N–H and O–H groups in total. The zero-order valence-electron chi connectivity index (χ0n) is 7.82. The maximum Gasteiger partial charge on any atom is 0.333 e. The van der Waals surface area contributed by atoms with E-state index in [1.165, 1.54) is 6.92 Å². The van der Waals surface area contributed by atoms with E-state index in [4.69, 9.17) is 5.11 Å². The van der Waals surface area contributed by atoms with Crippen LogP contribution in [-0.2, 0) is 25.1 Å². The highest BCUT2D eigenvalue weighted by Crippen LogP contribution is 1.92. The standard InChI is InChI=1S/C8H12O5S/c1-6(2)8(11)13-3-4-14(12)5-7(9)10/h1,3-5H2,2H3,(H,9,10)/t14-/m1/s1. The molecule has 0 aliphatic heterocycles. The Morgan fingerprint density at radius 3 is 2.50 bits per heavy atom. The Labute approximate surface area is 84.2 Å². The van der Waals surface area contributed by atoms with E-state index in [1.807, 2.05) is 0 Å². The van der Waals surface area contributed by atoms with Crippen LogP contribution in [0, 0.1) is 0 Å². The normalized spacial score (nSPS) is 11.8. The number of carbonyl (C=O) groups is 2. The molecular formula is C8H12O5S. The SMILES string of the molecule is C=C(C)C(=O)OCC[S@@](=O)CC(=O)O. The van der Waals surface area contributed by atoms with E-state index in [-0.39, 0.29) is 17.9 Å². The second kappa shape index (κ2) is 6.31. The molecule has 0 saturated carbocycles. The zero-order valence-corrected chi connectivity index (χ0v) is 8.63. The largest absolute Gasteiger partial charge is 0.481 e. The summed E-state index contributed by atoms with van der Waals surface area (Å²) >= 11 is 0. The van der Waals surface area contributed by atoms with Crippen LogP contribution in [-0.4, -0.2) is 39.4 Å². The van der Waals surface area contributed by atoms with E-state index < -0.39 is 28.5 Å². The molecule has 0 aliphatic carbocycles. The number of esters is 1. The smallest absolute Gasteiger partial charge is 0.333 e. The highest BCUT2D eigenvalue weighted by molar-refractivity contribution is 7.85. The van der Waals surface area contributed by atoms with Gasteiger partial charge in [-0.2, -0.15) is 0 Å². The second-order valence-electron chi connectivity index (χ2n) is 2.60. The van der Waals surface area contributed by atoms with Crippen molar-refractivity contribution in [2.75, 3.05) is 18.1 Å². The van der Waals surface area contributed by atoms with Crippen LogP contribution in [0.4, 0.5) is 0 Å². The lowest BCUT2D eigenvalue weighted by molar-refractivity contribution is -0.138. The van der Waals surface area contributed by atoms with Gasteiger partial charge in [-0.3, -0.25) is 9.00 Å². The number of aliphatic carboxylic acids is 1. The van der Waals surface area contributed by atoms with Crippen molar-refractivity contribution >= 4 is 22.7 Å². The fraction of sp³-hybridized carbons (Fsp3) is 0.500.